The number of benzene rings is 2. The Bertz CT molecular complexity index is 906. The van der Waals surface area contributed by atoms with Crippen LogP contribution in [0.3, 0.4) is 0 Å². The van der Waals surface area contributed by atoms with E-state index in [1.54, 1.807) is 14.2 Å². The molecule has 8 nitrogen and oxygen atoms in total. The molecule has 2 aromatic rings. The predicted octanol–water partition coefficient (Wildman–Crippen LogP) is 0.988. The normalized spacial score (nSPS) is 18.2. The Morgan fingerprint density at radius 2 is 1.11 bits per heavy atom. The van der Waals surface area contributed by atoms with Crippen LogP contribution in [-0.4, -0.2) is 93.6 Å². The summed E-state index contributed by atoms with van der Waals surface area (Å²) in [6, 6.07) is 16.0. The summed E-state index contributed by atoms with van der Waals surface area (Å²) in [5, 5.41) is 0. The first-order chi connectivity index (χ1) is 17.2. The molecule has 4 rings (SSSR count). The topological polar surface area (TPSA) is 80.1 Å². The summed E-state index contributed by atoms with van der Waals surface area (Å²) in [6.45, 7) is 4.34. The minimum Gasteiger partial charge on any atom is -0.406 e. The van der Waals surface area contributed by atoms with Gasteiger partial charge < -0.3 is 28.1 Å². The van der Waals surface area contributed by atoms with Gasteiger partial charge in [-0.2, -0.15) is 0 Å². The summed E-state index contributed by atoms with van der Waals surface area (Å²) < 4.78 is 34.8. The van der Waals surface area contributed by atoms with E-state index < -0.39 is 14.2 Å². The molecule has 0 amide bonds. The van der Waals surface area contributed by atoms with Crippen molar-refractivity contribution in [1.82, 2.24) is 0 Å². The Hall–Kier alpha value is -2.33. The van der Waals surface area contributed by atoms with E-state index in [2.05, 4.69) is 9.98 Å². The second-order valence-electron chi connectivity index (χ2n) is 8.72. The first-order valence-corrected chi connectivity index (χ1v) is 11.9. The Balaban J connectivity index is 1.34. The highest BCUT2D eigenvalue weighted by Gasteiger charge is 2.45. The minimum absolute atomic E-state index is 0.337. The molecular weight excluding hydrogens is 446 g/mol. The van der Waals surface area contributed by atoms with Crippen LogP contribution >= 0.6 is 0 Å². The van der Waals surface area contributed by atoms with E-state index in [4.69, 9.17) is 28.1 Å². The maximum absolute atomic E-state index is 6.16. The number of ether oxygens (including phenoxy) is 2. The van der Waals surface area contributed by atoms with Crippen molar-refractivity contribution in [2.24, 2.45) is 15.4 Å². The molecule has 2 heterocycles. The van der Waals surface area contributed by atoms with Gasteiger partial charge in [-0.25, -0.2) is 0 Å². The second kappa shape index (κ2) is 13.1. The lowest BCUT2D eigenvalue weighted by Crippen LogP contribution is -2.59. The van der Waals surface area contributed by atoms with Crippen molar-refractivity contribution < 1.29 is 28.1 Å². The first kappa shape index (κ1) is 25.8. The maximum atomic E-state index is 6.16. The number of hydrogen-bond acceptors (Lipinski definition) is 8. The highest BCUT2D eigenvalue weighted by Crippen LogP contribution is 2.28. The van der Waals surface area contributed by atoms with Gasteiger partial charge in [0.25, 0.3) is 0 Å². The van der Waals surface area contributed by atoms with Gasteiger partial charge >= 0.3 is 14.2 Å². The summed E-state index contributed by atoms with van der Waals surface area (Å²) in [6.07, 6.45) is 3.69. The van der Waals surface area contributed by atoms with Crippen molar-refractivity contribution >= 4 is 37.6 Å². The van der Waals surface area contributed by atoms with Gasteiger partial charge in [0.05, 0.1) is 31.7 Å². The summed E-state index contributed by atoms with van der Waals surface area (Å²) in [4.78, 5) is 8.85. The molecule has 2 fully saturated rings. The second-order valence-corrected chi connectivity index (χ2v) is 8.72. The van der Waals surface area contributed by atoms with Crippen molar-refractivity contribution in [3.8, 4) is 0 Å². The number of methoxy groups -OCH3 is 2. The molecule has 0 N–H and O–H groups in total. The fourth-order valence-corrected chi connectivity index (χ4v) is 4.02. The molecule has 0 bridgehead atoms. The highest BCUT2D eigenvalue weighted by molar-refractivity contribution is 6.63. The molecule has 184 valence electrons. The van der Waals surface area contributed by atoms with E-state index in [0.717, 1.165) is 22.1 Å². The lowest BCUT2D eigenvalue weighted by molar-refractivity contribution is -0.0787. The third-order valence-corrected chi connectivity index (χ3v) is 5.97. The quantitative estimate of drug-likeness (QED) is 0.288. The van der Waals surface area contributed by atoms with Crippen molar-refractivity contribution in [2.45, 2.75) is 0 Å². The SMILES string of the molecule is COCCN=Cc1ccccc1B1OCC2(CO1)COB(c1ccccc1C=NCCOC)OC2. The molecule has 0 unspecified atom stereocenters. The Morgan fingerprint density at radius 1 is 0.714 bits per heavy atom. The van der Waals surface area contributed by atoms with Gasteiger partial charge in [0, 0.05) is 53.1 Å². The predicted molar refractivity (Wildman–Crippen MR) is 139 cm³/mol. The third kappa shape index (κ3) is 6.88. The van der Waals surface area contributed by atoms with Crippen molar-refractivity contribution in [1.29, 1.82) is 0 Å². The Labute approximate surface area is 207 Å². The minimum atomic E-state index is -0.451. The van der Waals surface area contributed by atoms with E-state index in [1.165, 1.54) is 0 Å². The van der Waals surface area contributed by atoms with Crippen LogP contribution in [0.5, 0.6) is 0 Å². The zero-order chi connectivity index (χ0) is 24.3. The smallest absolute Gasteiger partial charge is 0.406 e. The van der Waals surface area contributed by atoms with Crippen molar-refractivity contribution in [3.05, 3.63) is 59.7 Å². The van der Waals surface area contributed by atoms with Gasteiger partial charge in [-0.1, -0.05) is 48.5 Å². The third-order valence-electron chi connectivity index (χ3n) is 5.97. The summed E-state index contributed by atoms with van der Waals surface area (Å²) in [5.74, 6) is 0. The summed E-state index contributed by atoms with van der Waals surface area (Å²) in [7, 11) is 2.43. The van der Waals surface area contributed by atoms with E-state index in [9.17, 15) is 0 Å². The van der Waals surface area contributed by atoms with Crippen molar-refractivity contribution in [2.75, 3.05) is 67.0 Å². The zero-order valence-corrected chi connectivity index (χ0v) is 20.4. The number of hydrogen-bond donors (Lipinski definition) is 0. The average molecular weight is 478 g/mol. The van der Waals surface area contributed by atoms with Crippen LogP contribution < -0.4 is 10.9 Å². The molecule has 10 heteroatoms. The molecule has 35 heavy (non-hydrogen) atoms. The largest absolute Gasteiger partial charge is 0.494 e. The van der Waals surface area contributed by atoms with Crippen LogP contribution in [0.2, 0.25) is 0 Å². The molecular formula is C25H32B2N2O6. The maximum Gasteiger partial charge on any atom is 0.494 e. The van der Waals surface area contributed by atoms with E-state index >= 15 is 0 Å². The van der Waals surface area contributed by atoms with Gasteiger partial charge in [0.2, 0.25) is 0 Å². The molecule has 2 aliphatic rings. The Morgan fingerprint density at radius 3 is 1.51 bits per heavy atom. The van der Waals surface area contributed by atoms with E-state index in [1.807, 2.05) is 61.0 Å². The monoisotopic (exact) mass is 478 g/mol. The van der Waals surface area contributed by atoms with Crippen LogP contribution in [0.4, 0.5) is 0 Å². The molecule has 0 saturated carbocycles. The number of nitrogens with zero attached hydrogens (tertiary/aromatic N) is 2. The molecule has 2 aliphatic heterocycles. The standard InChI is InChI=1S/C25H32B2N2O6/c1-30-13-11-28-15-21-7-3-5-9-23(21)26-32-17-25(18-33-26)19-34-27(35-20-25)24-10-6-4-8-22(24)16-29-12-14-31-2/h3-10,15-16H,11-14,17-20H2,1-2H3. The van der Waals surface area contributed by atoms with Crippen LogP contribution in [0.25, 0.3) is 0 Å². The van der Waals surface area contributed by atoms with E-state index in [-0.39, 0.29) is 5.41 Å². The highest BCUT2D eigenvalue weighted by atomic mass is 16.6. The molecule has 2 saturated heterocycles. The average Bonchev–Trinajstić information content (AvgIpc) is 2.91. The van der Waals surface area contributed by atoms with Gasteiger partial charge in [-0.3, -0.25) is 9.98 Å². The zero-order valence-electron chi connectivity index (χ0n) is 20.4. The van der Waals surface area contributed by atoms with Crippen LogP contribution in [0, 0.1) is 5.41 Å². The summed E-state index contributed by atoms with van der Waals surface area (Å²) in [5.41, 5.74) is 3.53. The molecule has 0 aliphatic carbocycles. The van der Waals surface area contributed by atoms with E-state index in [0.29, 0.717) is 52.7 Å². The fraction of sp³-hybridized carbons (Fsp3) is 0.440. The fourth-order valence-electron chi connectivity index (χ4n) is 4.02. The van der Waals surface area contributed by atoms with Gasteiger partial charge in [-0.15, -0.1) is 0 Å². The van der Waals surface area contributed by atoms with Crippen molar-refractivity contribution in [3.63, 3.8) is 0 Å². The number of aliphatic imine (C=N–C) groups is 2. The first-order valence-electron chi connectivity index (χ1n) is 11.9. The molecule has 2 aromatic carbocycles. The van der Waals surface area contributed by atoms with Gasteiger partial charge in [0.1, 0.15) is 0 Å². The molecule has 0 aromatic heterocycles. The van der Waals surface area contributed by atoms with Crippen LogP contribution in [0.15, 0.2) is 58.5 Å². The lowest BCUT2D eigenvalue weighted by Gasteiger charge is -2.43. The van der Waals surface area contributed by atoms with Crippen LogP contribution in [-0.2, 0) is 28.1 Å². The molecule has 1 spiro atoms. The van der Waals surface area contributed by atoms with Gasteiger partial charge in [-0.05, 0) is 22.1 Å². The van der Waals surface area contributed by atoms with Gasteiger partial charge in [0.15, 0.2) is 0 Å². The summed E-state index contributed by atoms with van der Waals surface area (Å²) >= 11 is 0. The molecule has 0 atom stereocenters. The van der Waals surface area contributed by atoms with Crippen LogP contribution in [0.1, 0.15) is 11.1 Å². The number of rotatable bonds is 10. The molecule has 0 radical (unpaired) electrons. The lowest BCUT2D eigenvalue weighted by atomic mass is 9.71. The Kier molecular flexibility index (Phi) is 9.65.